The van der Waals surface area contributed by atoms with Crippen LogP contribution in [-0.2, 0) is 0 Å². The Hall–Kier alpha value is -2.05. The fourth-order valence-corrected chi connectivity index (χ4v) is 3.38. The number of nitrogens with one attached hydrogen (secondary N) is 1. The molecule has 0 spiro atoms. The number of benzene rings is 1. The number of pyridine rings is 1. The molecule has 6 heteroatoms. The minimum absolute atomic E-state index is 0.165. The van der Waals surface area contributed by atoms with Crippen LogP contribution in [0.2, 0.25) is 0 Å². The average Bonchev–Trinajstić information content (AvgIpc) is 3.02. The average molecular weight is 341 g/mol. The van der Waals surface area contributed by atoms with E-state index >= 15 is 0 Å². The Balaban J connectivity index is 1.83. The smallest absolute Gasteiger partial charge is 0.229 e. The summed E-state index contributed by atoms with van der Waals surface area (Å²) in [5.74, 6) is 0.767. The normalized spacial score (nSPS) is 12.7. The molecule has 0 aliphatic rings. The van der Waals surface area contributed by atoms with Crippen molar-refractivity contribution < 1.29 is 0 Å². The number of rotatable bonds is 7. The largest absolute Gasteiger partial charge is 0.347 e. The summed E-state index contributed by atoms with van der Waals surface area (Å²) in [6.07, 6.45) is 2.10. The molecule has 0 aliphatic carbocycles. The summed E-state index contributed by atoms with van der Waals surface area (Å²) in [6, 6.07) is 14.6. The lowest BCUT2D eigenvalue weighted by Crippen LogP contribution is -2.13. The van der Waals surface area contributed by atoms with Gasteiger partial charge in [-0.2, -0.15) is 0 Å². The van der Waals surface area contributed by atoms with Crippen molar-refractivity contribution in [1.29, 1.82) is 0 Å². The molecule has 1 atom stereocenters. The fourth-order valence-electron chi connectivity index (χ4n) is 2.54. The highest BCUT2D eigenvalue weighted by atomic mass is 32.2. The maximum absolute atomic E-state index is 4.30. The second-order valence-electron chi connectivity index (χ2n) is 5.60. The van der Waals surface area contributed by atoms with E-state index in [0.29, 0.717) is 0 Å². The van der Waals surface area contributed by atoms with Gasteiger partial charge in [-0.1, -0.05) is 44.2 Å². The van der Waals surface area contributed by atoms with Crippen molar-refractivity contribution in [3.05, 3.63) is 54.2 Å². The van der Waals surface area contributed by atoms with Crippen LogP contribution in [0.1, 0.15) is 32.4 Å². The van der Waals surface area contributed by atoms with Gasteiger partial charge in [-0.3, -0.25) is 4.40 Å². The summed E-state index contributed by atoms with van der Waals surface area (Å²) in [5, 5.41) is 12.0. The van der Waals surface area contributed by atoms with Crippen LogP contribution < -0.4 is 5.32 Å². The van der Waals surface area contributed by atoms with Gasteiger partial charge < -0.3 is 5.32 Å². The highest BCUT2D eigenvalue weighted by Crippen LogP contribution is 2.24. The van der Waals surface area contributed by atoms with Crippen LogP contribution in [-0.4, -0.2) is 32.0 Å². The molecule has 0 amide bonds. The van der Waals surface area contributed by atoms with Gasteiger partial charge in [0, 0.05) is 24.2 Å². The Kier molecular flexibility index (Phi) is 5.37. The zero-order chi connectivity index (χ0) is 16.9. The van der Waals surface area contributed by atoms with E-state index in [9.17, 15) is 0 Å². The number of hydrogen-bond acceptors (Lipinski definition) is 5. The third-order valence-electron chi connectivity index (χ3n) is 3.96. The van der Waals surface area contributed by atoms with Crippen LogP contribution in [0, 0.1) is 0 Å². The van der Waals surface area contributed by atoms with Gasteiger partial charge in [0.25, 0.3) is 0 Å². The van der Waals surface area contributed by atoms with Gasteiger partial charge in [0.15, 0.2) is 5.65 Å². The second kappa shape index (κ2) is 7.68. The number of aromatic nitrogens is 3. The standard InChI is InChI=1S/C18H23N5S/c1-4-22(5-2)24-16-11-12-17-20-21-18(23(17)13-16)19-14(3)15-9-7-6-8-10-15/h6-14H,4-5H2,1-3H3,(H,19,21). The third kappa shape index (κ3) is 3.71. The van der Waals surface area contributed by atoms with E-state index in [2.05, 4.69) is 65.0 Å². The number of nitrogens with zero attached hydrogens (tertiary/aromatic N) is 4. The molecule has 1 unspecified atom stereocenters. The van der Waals surface area contributed by atoms with Crippen molar-refractivity contribution in [2.24, 2.45) is 0 Å². The van der Waals surface area contributed by atoms with Gasteiger partial charge in [0.2, 0.25) is 5.95 Å². The zero-order valence-corrected chi connectivity index (χ0v) is 15.1. The molecule has 126 valence electrons. The Morgan fingerprint density at radius 1 is 1.08 bits per heavy atom. The van der Waals surface area contributed by atoms with Crippen LogP contribution in [0.3, 0.4) is 0 Å². The van der Waals surface area contributed by atoms with Crippen molar-refractivity contribution in [2.45, 2.75) is 31.7 Å². The molecule has 2 aromatic heterocycles. The molecule has 3 aromatic rings. The molecule has 0 bridgehead atoms. The Bertz CT molecular complexity index is 782. The van der Waals surface area contributed by atoms with Crippen LogP contribution in [0.15, 0.2) is 53.6 Å². The summed E-state index contributed by atoms with van der Waals surface area (Å²) < 4.78 is 4.33. The predicted molar refractivity (Wildman–Crippen MR) is 100 cm³/mol. The molecular weight excluding hydrogens is 318 g/mol. The summed E-state index contributed by atoms with van der Waals surface area (Å²) >= 11 is 1.76. The first-order chi connectivity index (χ1) is 11.7. The van der Waals surface area contributed by atoms with E-state index in [-0.39, 0.29) is 6.04 Å². The SMILES string of the molecule is CCN(CC)Sc1ccc2nnc(NC(C)c3ccccc3)n2c1. The molecule has 0 saturated carbocycles. The van der Waals surface area contributed by atoms with Crippen molar-refractivity contribution in [3.63, 3.8) is 0 Å². The third-order valence-corrected chi connectivity index (χ3v) is 5.19. The maximum atomic E-state index is 4.30. The molecule has 2 heterocycles. The van der Waals surface area contributed by atoms with E-state index in [1.165, 1.54) is 10.5 Å². The quantitative estimate of drug-likeness (QED) is 0.651. The first kappa shape index (κ1) is 16.8. The summed E-state index contributed by atoms with van der Waals surface area (Å²) in [7, 11) is 0. The van der Waals surface area contributed by atoms with Gasteiger partial charge in [0.05, 0.1) is 6.04 Å². The number of anilines is 1. The van der Waals surface area contributed by atoms with Gasteiger partial charge >= 0.3 is 0 Å². The number of fused-ring (bicyclic) bond motifs is 1. The number of hydrogen-bond donors (Lipinski definition) is 1. The molecule has 0 saturated heterocycles. The molecule has 5 nitrogen and oxygen atoms in total. The van der Waals surface area contributed by atoms with Gasteiger partial charge in [-0.15, -0.1) is 10.2 Å². The minimum atomic E-state index is 0.165. The van der Waals surface area contributed by atoms with Crippen LogP contribution in [0.4, 0.5) is 5.95 Å². The zero-order valence-electron chi connectivity index (χ0n) is 14.3. The summed E-state index contributed by atoms with van der Waals surface area (Å²) in [6.45, 7) is 8.49. The van der Waals surface area contributed by atoms with Crippen molar-refractivity contribution in [2.75, 3.05) is 18.4 Å². The highest BCUT2D eigenvalue weighted by Gasteiger charge is 2.11. The van der Waals surface area contributed by atoms with E-state index < -0.39 is 0 Å². The van der Waals surface area contributed by atoms with E-state index in [1.807, 2.05) is 28.7 Å². The molecular formula is C18H23N5S. The maximum Gasteiger partial charge on any atom is 0.229 e. The lowest BCUT2D eigenvalue weighted by molar-refractivity contribution is 0.525. The van der Waals surface area contributed by atoms with Crippen LogP contribution in [0.5, 0.6) is 0 Å². The highest BCUT2D eigenvalue weighted by molar-refractivity contribution is 7.97. The second-order valence-corrected chi connectivity index (χ2v) is 6.77. The van der Waals surface area contributed by atoms with Crippen molar-refractivity contribution in [1.82, 2.24) is 18.9 Å². The topological polar surface area (TPSA) is 45.5 Å². The molecule has 3 rings (SSSR count). The molecule has 0 radical (unpaired) electrons. The fraction of sp³-hybridized carbons (Fsp3) is 0.333. The van der Waals surface area contributed by atoms with Crippen LogP contribution in [0.25, 0.3) is 5.65 Å². The summed E-state index contributed by atoms with van der Waals surface area (Å²) in [5.41, 5.74) is 2.07. The first-order valence-corrected chi connectivity index (χ1v) is 9.07. The van der Waals surface area contributed by atoms with Gasteiger partial charge in [-0.25, -0.2) is 4.31 Å². The lowest BCUT2D eigenvalue weighted by atomic mass is 10.1. The molecule has 24 heavy (non-hydrogen) atoms. The Morgan fingerprint density at radius 2 is 1.83 bits per heavy atom. The van der Waals surface area contributed by atoms with Crippen molar-refractivity contribution in [3.8, 4) is 0 Å². The predicted octanol–water partition coefficient (Wildman–Crippen LogP) is 4.25. The Morgan fingerprint density at radius 3 is 2.54 bits per heavy atom. The van der Waals surface area contributed by atoms with Gasteiger partial charge in [0.1, 0.15) is 0 Å². The molecule has 1 aromatic carbocycles. The van der Waals surface area contributed by atoms with E-state index in [0.717, 1.165) is 24.7 Å². The van der Waals surface area contributed by atoms with E-state index in [4.69, 9.17) is 0 Å². The monoisotopic (exact) mass is 341 g/mol. The summed E-state index contributed by atoms with van der Waals surface area (Å²) in [4.78, 5) is 1.18. The van der Waals surface area contributed by atoms with E-state index in [1.54, 1.807) is 11.9 Å². The molecule has 0 aliphatic heterocycles. The lowest BCUT2D eigenvalue weighted by Gasteiger charge is -2.17. The van der Waals surface area contributed by atoms with Gasteiger partial charge in [-0.05, 0) is 36.6 Å². The molecule has 0 fully saturated rings. The van der Waals surface area contributed by atoms with Crippen LogP contribution >= 0.6 is 11.9 Å². The Labute approximate surface area is 147 Å². The molecule has 1 N–H and O–H groups in total. The first-order valence-electron chi connectivity index (χ1n) is 8.30. The van der Waals surface area contributed by atoms with Crippen molar-refractivity contribution >= 4 is 23.5 Å². The minimum Gasteiger partial charge on any atom is -0.347 e.